The molecule has 0 radical (unpaired) electrons. The van der Waals surface area contributed by atoms with Crippen LogP contribution in [0.5, 0.6) is 0 Å². The molecule has 148 valence electrons. The SMILES string of the molecule is O=Cc1ccc2c(c1)C(c1ccccc1)C1C(=O)N(Cc3ccccc3)C(=O)C1C2. The zero-order valence-electron chi connectivity index (χ0n) is 16.4. The molecule has 3 aromatic carbocycles. The second kappa shape index (κ2) is 7.38. The highest BCUT2D eigenvalue weighted by Crippen LogP contribution is 2.48. The van der Waals surface area contributed by atoms with Crippen LogP contribution in [-0.2, 0) is 22.6 Å². The lowest BCUT2D eigenvalue weighted by Crippen LogP contribution is -2.33. The summed E-state index contributed by atoms with van der Waals surface area (Å²) in [6, 6.07) is 25.1. The maximum atomic E-state index is 13.5. The number of carbonyl (C=O) groups excluding carboxylic acids is 3. The average Bonchev–Trinajstić information content (AvgIpc) is 3.03. The molecule has 0 spiro atoms. The third-order valence-corrected chi connectivity index (χ3v) is 6.35. The largest absolute Gasteiger partial charge is 0.298 e. The lowest BCUT2D eigenvalue weighted by Gasteiger charge is -2.33. The van der Waals surface area contributed by atoms with Gasteiger partial charge in [0.1, 0.15) is 6.29 Å². The Bertz CT molecular complexity index is 1120. The molecule has 3 atom stereocenters. The van der Waals surface area contributed by atoms with Gasteiger partial charge in [0.15, 0.2) is 0 Å². The molecule has 0 saturated carbocycles. The molecule has 4 nitrogen and oxygen atoms in total. The van der Waals surface area contributed by atoms with E-state index in [0.29, 0.717) is 18.5 Å². The van der Waals surface area contributed by atoms with Crippen LogP contribution < -0.4 is 0 Å². The van der Waals surface area contributed by atoms with Crippen molar-refractivity contribution in [2.24, 2.45) is 11.8 Å². The van der Waals surface area contributed by atoms with Crippen molar-refractivity contribution in [1.29, 1.82) is 0 Å². The Labute approximate surface area is 175 Å². The van der Waals surface area contributed by atoms with Gasteiger partial charge in [-0.25, -0.2) is 0 Å². The van der Waals surface area contributed by atoms with Crippen molar-refractivity contribution in [3.05, 3.63) is 107 Å². The first-order valence-corrected chi connectivity index (χ1v) is 10.2. The van der Waals surface area contributed by atoms with Gasteiger partial charge in [-0.1, -0.05) is 72.8 Å². The summed E-state index contributed by atoms with van der Waals surface area (Å²) >= 11 is 0. The van der Waals surface area contributed by atoms with E-state index in [2.05, 4.69) is 0 Å². The van der Waals surface area contributed by atoms with E-state index in [-0.39, 0.29) is 23.7 Å². The minimum Gasteiger partial charge on any atom is -0.298 e. The van der Waals surface area contributed by atoms with Crippen molar-refractivity contribution in [2.45, 2.75) is 18.9 Å². The maximum Gasteiger partial charge on any atom is 0.234 e. The quantitative estimate of drug-likeness (QED) is 0.496. The van der Waals surface area contributed by atoms with Crippen LogP contribution in [0.25, 0.3) is 0 Å². The van der Waals surface area contributed by atoms with Crippen molar-refractivity contribution in [1.82, 2.24) is 4.90 Å². The van der Waals surface area contributed by atoms with E-state index in [1.54, 1.807) is 6.07 Å². The van der Waals surface area contributed by atoms with Crippen LogP contribution in [-0.4, -0.2) is 23.0 Å². The van der Waals surface area contributed by atoms with Gasteiger partial charge >= 0.3 is 0 Å². The molecule has 3 unspecified atom stereocenters. The van der Waals surface area contributed by atoms with Crippen LogP contribution in [0, 0.1) is 11.8 Å². The number of hydrogen-bond donors (Lipinski definition) is 0. The molecule has 30 heavy (non-hydrogen) atoms. The molecule has 0 N–H and O–H groups in total. The number of amides is 2. The van der Waals surface area contributed by atoms with Crippen LogP contribution in [0.1, 0.15) is 38.5 Å². The lowest BCUT2D eigenvalue weighted by molar-refractivity contribution is -0.140. The molecule has 1 aliphatic carbocycles. The Hall–Kier alpha value is -3.53. The summed E-state index contributed by atoms with van der Waals surface area (Å²) < 4.78 is 0. The van der Waals surface area contributed by atoms with E-state index >= 15 is 0 Å². The predicted octanol–water partition coefficient (Wildman–Crippen LogP) is 3.99. The van der Waals surface area contributed by atoms with Gasteiger partial charge in [-0.3, -0.25) is 19.3 Å². The molecule has 1 aliphatic heterocycles. The van der Waals surface area contributed by atoms with Crippen LogP contribution in [0.2, 0.25) is 0 Å². The second-order valence-electron chi connectivity index (χ2n) is 8.05. The summed E-state index contributed by atoms with van der Waals surface area (Å²) in [5.41, 5.74) is 4.55. The first-order valence-electron chi connectivity index (χ1n) is 10.2. The lowest BCUT2D eigenvalue weighted by atomic mass is 9.67. The number of rotatable bonds is 4. The highest BCUT2D eigenvalue weighted by molar-refractivity contribution is 6.06. The van der Waals surface area contributed by atoms with E-state index in [0.717, 1.165) is 28.5 Å². The number of fused-ring (bicyclic) bond motifs is 2. The summed E-state index contributed by atoms with van der Waals surface area (Å²) in [7, 11) is 0. The zero-order chi connectivity index (χ0) is 20.7. The number of likely N-dealkylation sites (tertiary alicyclic amines) is 1. The van der Waals surface area contributed by atoms with Gasteiger partial charge in [0, 0.05) is 11.5 Å². The van der Waals surface area contributed by atoms with Crippen LogP contribution >= 0.6 is 0 Å². The molecule has 3 aromatic rings. The smallest absolute Gasteiger partial charge is 0.234 e. The molecule has 5 rings (SSSR count). The van der Waals surface area contributed by atoms with E-state index in [1.807, 2.05) is 72.8 Å². The van der Waals surface area contributed by atoms with E-state index in [1.165, 1.54) is 4.90 Å². The summed E-state index contributed by atoms with van der Waals surface area (Å²) in [5.74, 6) is -1.28. The first kappa shape index (κ1) is 18.5. The number of nitrogens with zero attached hydrogens (tertiary/aromatic N) is 1. The fraction of sp³-hybridized carbons (Fsp3) is 0.192. The fourth-order valence-corrected chi connectivity index (χ4v) is 4.97. The fourth-order valence-electron chi connectivity index (χ4n) is 4.97. The summed E-state index contributed by atoms with van der Waals surface area (Å²) in [5, 5.41) is 0. The highest BCUT2D eigenvalue weighted by atomic mass is 16.2. The molecule has 2 aliphatic rings. The number of benzene rings is 3. The van der Waals surface area contributed by atoms with Crippen molar-refractivity contribution in [2.75, 3.05) is 0 Å². The third kappa shape index (κ3) is 2.96. The van der Waals surface area contributed by atoms with Crippen LogP contribution in [0.15, 0.2) is 78.9 Å². The molecule has 0 bridgehead atoms. The Kier molecular flexibility index (Phi) is 4.55. The van der Waals surface area contributed by atoms with Crippen molar-refractivity contribution < 1.29 is 14.4 Å². The molecule has 1 fully saturated rings. The molecular formula is C26H21NO3. The standard InChI is InChI=1S/C26H21NO3/c28-16-18-11-12-20-14-22-24(23(21(20)13-18)19-9-5-2-6-10-19)26(30)27(25(22)29)15-17-7-3-1-4-8-17/h1-13,16,22-24H,14-15H2. The Morgan fingerprint density at radius 3 is 2.27 bits per heavy atom. The second-order valence-corrected chi connectivity index (χ2v) is 8.05. The molecule has 4 heteroatoms. The van der Waals surface area contributed by atoms with Gasteiger partial charge < -0.3 is 0 Å². The molecule has 2 amide bonds. The molecule has 1 saturated heterocycles. The van der Waals surface area contributed by atoms with Crippen LogP contribution in [0.3, 0.4) is 0 Å². The summed E-state index contributed by atoms with van der Waals surface area (Å²) in [6.07, 6.45) is 1.36. The third-order valence-electron chi connectivity index (χ3n) is 6.35. The summed E-state index contributed by atoms with van der Waals surface area (Å²) in [4.78, 5) is 39.7. The Balaban J connectivity index is 1.60. The normalized spacial score (nSPS) is 22.5. The molecule has 0 aromatic heterocycles. The first-order chi connectivity index (χ1) is 14.7. The minimum absolute atomic E-state index is 0.0973. The maximum absolute atomic E-state index is 13.5. The van der Waals surface area contributed by atoms with Crippen molar-refractivity contribution >= 4 is 18.1 Å². The van der Waals surface area contributed by atoms with Gasteiger partial charge in [0.05, 0.1) is 18.4 Å². The monoisotopic (exact) mass is 395 g/mol. The number of hydrogen-bond acceptors (Lipinski definition) is 3. The summed E-state index contributed by atoms with van der Waals surface area (Å²) in [6.45, 7) is 0.295. The Morgan fingerprint density at radius 1 is 0.867 bits per heavy atom. The van der Waals surface area contributed by atoms with E-state index < -0.39 is 5.92 Å². The van der Waals surface area contributed by atoms with Gasteiger partial charge in [-0.2, -0.15) is 0 Å². The average molecular weight is 395 g/mol. The molecular weight excluding hydrogens is 374 g/mol. The Morgan fingerprint density at radius 2 is 1.57 bits per heavy atom. The van der Waals surface area contributed by atoms with Crippen molar-refractivity contribution in [3.8, 4) is 0 Å². The topological polar surface area (TPSA) is 54.5 Å². The van der Waals surface area contributed by atoms with Gasteiger partial charge in [0.25, 0.3) is 0 Å². The number of aldehydes is 1. The predicted molar refractivity (Wildman–Crippen MR) is 113 cm³/mol. The highest BCUT2D eigenvalue weighted by Gasteiger charge is 2.53. The van der Waals surface area contributed by atoms with E-state index in [9.17, 15) is 14.4 Å². The van der Waals surface area contributed by atoms with Crippen LogP contribution in [0.4, 0.5) is 0 Å². The number of imide groups is 1. The van der Waals surface area contributed by atoms with E-state index in [4.69, 9.17) is 0 Å². The van der Waals surface area contributed by atoms with Gasteiger partial charge in [-0.15, -0.1) is 0 Å². The van der Waals surface area contributed by atoms with Gasteiger partial charge in [0.2, 0.25) is 11.8 Å². The molecule has 1 heterocycles. The van der Waals surface area contributed by atoms with Gasteiger partial charge in [-0.05, 0) is 34.7 Å². The number of carbonyl (C=O) groups is 3. The van der Waals surface area contributed by atoms with Crippen molar-refractivity contribution in [3.63, 3.8) is 0 Å². The zero-order valence-corrected chi connectivity index (χ0v) is 16.4. The minimum atomic E-state index is -0.446.